The molecule has 0 saturated heterocycles. The number of hydrogen-bond donors (Lipinski definition) is 1. The Labute approximate surface area is 136 Å². The number of hydrogen-bond acceptors (Lipinski definition) is 4. The summed E-state index contributed by atoms with van der Waals surface area (Å²) in [6.45, 7) is 5.80. The van der Waals surface area contributed by atoms with E-state index < -0.39 is 0 Å². The number of nitrogens with zero attached hydrogens (tertiary/aromatic N) is 1. The van der Waals surface area contributed by atoms with Crippen molar-refractivity contribution >= 4 is 5.91 Å². The topological polar surface area (TPSA) is 60.5 Å². The van der Waals surface area contributed by atoms with E-state index in [4.69, 9.17) is 9.47 Å². The van der Waals surface area contributed by atoms with Gasteiger partial charge in [0.1, 0.15) is 0 Å². The smallest absolute Gasteiger partial charge is 0.251 e. The van der Waals surface area contributed by atoms with Gasteiger partial charge in [-0.25, -0.2) is 0 Å². The lowest BCUT2D eigenvalue weighted by Crippen LogP contribution is -2.26. The van der Waals surface area contributed by atoms with Gasteiger partial charge in [-0.2, -0.15) is 0 Å². The van der Waals surface area contributed by atoms with Crippen molar-refractivity contribution in [3.63, 3.8) is 0 Å². The molecule has 5 heteroatoms. The van der Waals surface area contributed by atoms with Crippen LogP contribution in [0.1, 0.15) is 42.7 Å². The highest BCUT2D eigenvalue weighted by atomic mass is 16.5. The van der Waals surface area contributed by atoms with Crippen LogP contribution in [0.3, 0.4) is 0 Å². The van der Waals surface area contributed by atoms with Crippen molar-refractivity contribution in [2.75, 3.05) is 7.11 Å². The number of nitrogens with one attached hydrogen (secondary N) is 1. The van der Waals surface area contributed by atoms with E-state index in [1.807, 2.05) is 32.9 Å². The van der Waals surface area contributed by atoms with E-state index in [0.717, 1.165) is 5.56 Å². The standard InChI is InChI=1S/C18H22N2O3/c1-12(2)23-16-8-7-14(10-17(16)22-4)18(21)20-13(3)15-6-5-9-19-11-15/h5-13H,1-4H3,(H,20,21). The summed E-state index contributed by atoms with van der Waals surface area (Å²) in [5.74, 6) is 0.996. The van der Waals surface area contributed by atoms with Gasteiger partial charge in [0.25, 0.3) is 5.91 Å². The second-order valence-electron chi connectivity index (χ2n) is 5.51. The van der Waals surface area contributed by atoms with E-state index in [9.17, 15) is 4.79 Å². The molecule has 2 rings (SSSR count). The molecule has 1 unspecified atom stereocenters. The average molecular weight is 314 g/mol. The molecule has 1 aromatic heterocycles. The van der Waals surface area contributed by atoms with Crippen LogP contribution in [0.25, 0.3) is 0 Å². The van der Waals surface area contributed by atoms with E-state index in [-0.39, 0.29) is 18.1 Å². The summed E-state index contributed by atoms with van der Waals surface area (Å²) >= 11 is 0. The number of methoxy groups -OCH3 is 1. The first-order valence-electron chi connectivity index (χ1n) is 7.56. The monoisotopic (exact) mass is 314 g/mol. The Kier molecular flexibility index (Phi) is 5.57. The number of pyridine rings is 1. The van der Waals surface area contributed by atoms with Gasteiger partial charge >= 0.3 is 0 Å². The maximum atomic E-state index is 12.4. The van der Waals surface area contributed by atoms with Crippen LogP contribution in [-0.4, -0.2) is 24.1 Å². The molecule has 122 valence electrons. The van der Waals surface area contributed by atoms with Gasteiger partial charge in [-0.15, -0.1) is 0 Å². The van der Waals surface area contributed by atoms with Crippen molar-refractivity contribution in [2.45, 2.75) is 32.9 Å². The van der Waals surface area contributed by atoms with E-state index in [1.54, 1.807) is 37.7 Å². The highest BCUT2D eigenvalue weighted by Gasteiger charge is 2.15. The molecule has 0 aliphatic heterocycles. The SMILES string of the molecule is COc1cc(C(=O)NC(C)c2cccnc2)ccc1OC(C)C. The van der Waals surface area contributed by atoms with E-state index >= 15 is 0 Å². The molecule has 0 saturated carbocycles. The Bertz CT molecular complexity index is 657. The first-order chi connectivity index (χ1) is 11.0. The number of amides is 1. The predicted molar refractivity (Wildman–Crippen MR) is 88.9 cm³/mol. The molecule has 2 aromatic rings. The van der Waals surface area contributed by atoms with Gasteiger partial charge in [0.15, 0.2) is 11.5 Å². The van der Waals surface area contributed by atoms with Crippen molar-refractivity contribution in [2.24, 2.45) is 0 Å². The minimum atomic E-state index is -0.171. The van der Waals surface area contributed by atoms with Gasteiger partial charge in [0.05, 0.1) is 19.3 Å². The minimum absolute atomic E-state index is 0.0363. The number of carbonyl (C=O) groups excluding carboxylic acids is 1. The molecule has 1 N–H and O–H groups in total. The lowest BCUT2D eigenvalue weighted by Gasteiger charge is -2.16. The molecule has 1 heterocycles. The Morgan fingerprint density at radius 1 is 1.17 bits per heavy atom. The number of ether oxygens (including phenoxy) is 2. The van der Waals surface area contributed by atoms with Crippen molar-refractivity contribution in [1.29, 1.82) is 0 Å². The molecule has 0 radical (unpaired) electrons. The zero-order valence-electron chi connectivity index (χ0n) is 13.9. The fourth-order valence-electron chi connectivity index (χ4n) is 2.16. The number of rotatable bonds is 6. The number of benzene rings is 1. The summed E-state index contributed by atoms with van der Waals surface area (Å²) in [4.78, 5) is 16.5. The van der Waals surface area contributed by atoms with Gasteiger partial charge in [-0.3, -0.25) is 9.78 Å². The first-order valence-corrected chi connectivity index (χ1v) is 7.56. The van der Waals surface area contributed by atoms with Crippen LogP contribution in [-0.2, 0) is 0 Å². The molecular formula is C18H22N2O3. The summed E-state index contributed by atoms with van der Waals surface area (Å²) in [5.41, 5.74) is 1.47. The fourth-order valence-corrected chi connectivity index (χ4v) is 2.16. The Balaban J connectivity index is 2.13. The normalized spacial score (nSPS) is 11.9. The van der Waals surface area contributed by atoms with Crippen LogP contribution < -0.4 is 14.8 Å². The molecule has 23 heavy (non-hydrogen) atoms. The third-order valence-corrected chi connectivity index (χ3v) is 3.32. The van der Waals surface area contributed by atoms with Crippen molar-refractivity contribution in [3.05, 3.63) is 53.9 Å². The third kappa shape index (κ3) is 4.45. The van der Waals surface area contributed by atoms with Crippen LogP contribution in [0, 0.1) is 0 Å². The number of carbonyl (C=O) groups is 1. The van der Waals surface area contributed by atoms with Crippen molar-refractivity contribution < 1.29 is 14.3 Å². The Morgan fingerprint density at radius 2 is 1.96 bits per heavy atom. The predicted octanol–water partition coefficient (Wildman–Crippen LogP) is 3.37. The van der Waals surface area contributed by atoms with Gasteiger partial charge in [-0.05, 0) is 50.6 Å². The summed E-state index contributed by atoms with van der Waals surface area (Å²) in [5, 5.41) is 2.95. The van der Waals surface area contributed by atoms with Gasteiger partial charge in [0, 0.05) is 18.0 Å². The molecule has 0 aliphatic rings. The molecule has 0 aliphatic carbocycles. The summed E-state index contributed by atoms with van der Waals surface area (Å²) < 4.78 is 11.0. The molecule has 5 nitrogen and oxygen atoms in total. The summed E-state index contributed by atoms with van der Waals surface area (Å²) in [6, 6.07) is 8.81. The van der Waals surface area contributed by atoms with Crippen LogP contribution in [0.15, 0.2) is 42.7 Å². The molecule has 1 atom stereocenters. The minimum Gasteiger partial charge on any atom is -0.493 e. The van der Waals surface area contributed by atoms with Gasteiger partial charge < -0.3 is 14.8 Å². The summed E-state index contributed by atoms with van der Waals surface area (Å²) in [7, 11) is 1.56. The zero-order chi connectivity index (χ0) is 16.8. The van der Waals surface area contributed by atoms with Crippen LogP contribution >= 0.6 is 0 Å². The second kappa shape index (κ2) is 7.63. The van der Waals surface area contributed by atoms with E-state index in [1.165, 1.54) is 0 Å². The molecule has 0 fully saturated rings. The fraction of sp³-hybridized carbons (Fsp3) is 0.333. The van der Waals surface area contributed by atoms with Crippen LogP contribution in [0.5, 0.6) is 11.5 Å². The first kappa shape index (κ1) is 16.8. The zero-order valence-corrected chi connectivity index (χ0v) is 13.9. The molecule has 1 amide bonds. The van der Waals surface area contributed by atoms with Crippen molar-refractivity contribution in [3.8, 4) is 11.5 Å². The molecule has 1 aromatic carbocycles. The lowest BCUT2D eigenvalue weighted by atomic mass is 10.1. The van der Waals surface area contributed by atoms with E-state index in [0.29, 0.717) is 17.1 Å². The van der Waals surface area contributed by atoms with Crippen LogP contribution in [0.2, 0.25) is 0 Å². The quantitative estimate of drug-likeness (QED) is 0.888. The lowest BCUT2D eigenvalue weighted by molar-refractivity contribution is 0.0939. The van der Waals surface area contributed by atoms with Crippen LogP contribution in [0.4, 0.5) is 0 Å². The van der Waals surface area contributed by atoms with E-state index in [2.05, 4.69) is 10.3 Å². The second-order valence-corrected chi connectivity index (χ2v) is 5.51. The highest BCUT2D eigenvalue weighted by Crippen LogP contribution is 2.29. The Hall–Kier alpha value is -2.56. The number of aromatic nitrogens is 1. The molecule has 0 bridgehead atoms. The average Bonchev–Trinajstić information content (AvgIpc) is 2.55. The van der Waals surface area contributed by atoms with Gasteiger partial charge in [-0.1, -0.05) is 6.07 Å². The van der Waals surface area contributed by atoms with Crippen molar-refractivity contribution in [1.82, 2.24) is 10.3 Å². The maximum absolute atomic E-state index is 12.4. The third-order valence-electron chi connectivity index (χ3n) is 3.32. The largest absolute Gasteiger partial charge is 0.493 e. The summed E-state index contributed by atoms with van der Waals surface area (Å²) in [6.07, 6.45) is 3.48. The van der Waals surface area contributed by atoms with Gasteiger partial charge in [0.2, 0.25) is 0 Å². The maximum Gasteiger partial charge on any atom is 0.251 e. The molecular weight excluding hydrogens is 292 g/mol. The Morgan fingerprint density at radius 3 is 2.57 bits per heavy atom. The highest BCUT2D eigenvalue weighted by molar-refractivity contribution is 5.95. The molecule has 0 spiro atoms.